The first kappa shape index (κ1) is 95.6. The van der Waals surface area contributed by atoms with Crippen LogP contribution in [0.2, 0.25) is 0 Å². The molecule has 2 heterocycles. The molecule has 0 amide bonds. The first-order valence-corrected chi connectivity index (χ1v) is 42.7. The highest BCUT2D eigenvalue weighted by atomic mass is 31.2. The van der Waals surface area contributed by atoms with Crippen molar-refractivity contribution in [1.82, 2.24) is 0 Å². The summed E-state index contributed by atoms with van der Waals surface area (Å²) in [6.07, 6.45) is 24.2. The van der Waals surface area contributed by atoms with Crippen LogP contribution in [0.15, 0.2) is 24.3 Å². The summed E-state index contributed by atoms with van der Waals surface area (Å²) in [6.45, 7) is 3.40. The molecular weight excluding hydrogens is 1360 g/mol. The van der Waals surface area contributed by atoms with Crippen LogP contribution in [0.4, 0.5) is 0 Å². The second kappa shape index (κ2) is 60.2. The molecule has 18 atom stereocenters. The van der Waals surface area contributed by atoms with Gasteiger partial charge < -0.3 is 89.1 Å². The predicted octanol–water partition coefficient (Wildman–Crippen LogP) is 12.9. The molecule has 0 radical (unpaired) electrons. The predicted molar refractivity (Wildman–Crippen MR) is 398 cm³/mol. The summed E-state index contributed by atoms with van der Waals surface area (Å²) in [7, 11) is -5.73. The van der Waals surface area contributed by atoms with E-state index in [-0.39, 0.29) is 12.8 Å². The Balaban J connectivity index is 1.70. The summed E-state index contributed by atoms with van der Waals surface area (Å²) in [5.41, 5.74) is 0. The third-order valence-corrected chi connectivity index (χ3v) is 21.3. The average molecular weight is 1510 g/mol. The number of hydrogen-bond acceptors (Lipinski definition) is 23. The summed E-state index contributed by atoms with van der Waals surface area (Å²) in [6, 6.07) is 0. The first-order chi connectivity index (χ1) is 50.3. The van der Waals surface area contributed by atoms with E-state index in [1.165, 1.54) is 199 Å². The number of allylic oxidation sites excluding steroid dienone is 3. The molecule has 0 bridgehead atoms. The van der Waals surface area contributed by atoms with Gasteiger partial charge in [0.25, 0.3) is 0 Å². The van der Waals surface area contributed by atoms with Crippen molar-refractivity contribution in [2.45, 2.75) is 433 Å². The van der Waals surface area contributed by atoms with E-state index >= 15 is 0 Å². The second-order valence-corrected chi connectivity index (χ2v) is 31.0. The Morgan fingerprint density at radius 1 is 0.394 bits per heavy atom. The van der Waals surface area contributed by atoms with Crippen LogP contribution in [0.3, 0.4) is 0 Å². The van der Waals surface area contributed by atoms with E-state index in [1.54, 1.807) is 6.08 Å². The molecule has 3 aliphatic rings. The van der Waals surface area contributed by atoms with Gasteiger partial charge in [-0.2, -0.15) is 0 Å². The summed E-state index contributed by atoms with van der Waals surface area (Å²) >= 11 is 0. The highest BCUT2D eigenvalue weighted by Crippen LogP contribution is 2.49. The Labute approximate surface area is 624 Å². The molecule has 0 aromatic heterocycles. The SMILES string of the molecule is CCCCCCCCCCCCC/C=C/C=C/C(=O)OC(COC(=O)CCCCCCCCCCCCCCCCCCC)COP(=O)(O)OC1C(OC2OC(CO)C(O)C(O)C2O)C(O)C(O)C(O)C1OC1OC(COC(=O)CCCCCCCCCCCCCCCCCCC)C(O)C(O)C1O. The van der Waals surface area contributed by atoms with Crippen LogP contribution in [-0.4, -0.2) is 204 Å². The lowest BCUT2D eigenvalue weighted by molar-refractivity contribution is -0.360. The lowest BCUT2D eigenvalue weighted by Gasteiger charge is -2.49. The maximum Gasteiger partial charge on any atom is 0.472 e. The van der Waals surface area contributed by atoms with Crippen molar-refractivity contribution >= 4 is 25.7 Å². The molecule has 2 aliphatic heterocycles. The molecule has 610 valence electrons. The highest BCUT2D eigenvalue weighted by Gasteiger charge is 2.58. The number of carbonyl (C=O) groups is 3. The lowest BCUT2D eigenvalue weighted by atomic mass is 9.84. The van der Waals surface area contributed by atoms with Crippen LogP contribution in [0.5, 0.6) is 0 Å². The molecule has 24 nitrogen and oxygen atoms in total. The molecule has 1 aliphatic carbocycles. The number of aliphatic hydroxyl groups is 10. The fraction of sp³-hybridized carbons (Fsp3) is 0.911. The first-order valence-electron chi connectivity index (χ1n) is 41.2. The summed E-state index contributed by atoms with van der Waals surface area (Å²) in [4.78, 5) is 51.0. The number of aliphatic hydroxyl groups excluding tert-OH is 10. The molecule has 0 aromatic carbocycles. The Hall–Kier alpha value is -2.56. The van der Waals surface area contributed by atoms with Crippen LogP contribution in [-0.2, 0) is 61.2 Å². The van der Waals surface area contributed by atoms with Crippen molar-refractivity contribution < 1.29 is 117 Å². The Morgan fingerprint density at radius 3 is 1.12 bits per heavy atom. The molecule has 104 heavy (non-hydrogen) atoms. The summed E-state index contributed by atoms with van der Waals surface area (Å²) in [5, 5.41) is 110. The van der Waals surface area contributed by atoms with Gasteiger partial charge in [0, 0.05) is 18.9 Å². The van der Waals surface area contributed by atoms with Crippen molar-refractivity contribution in [3.05, 3.63) is 24.3 Å². The molecule has 3 fully saturated rings. The van der Waals surface area contributed by atoms with Crippen molar-refractivity contribution in [1.29, 1.82) is 0 Å². The van der Waals surface area contributed by atoms with Crippen molar-refractivity contribution in [2.75, 3.05) is 26.4 Å². The maximum atomic E-state index is 14.4. The minimum atomic E-state index is -5.73. The zero-order valence-corrected chi connectivity index (χ0v) is 65.0. The number of rotatable bonds is 65. The maximum absolute atomic E-state index is 14.4. The second-order valence-electron chi connectivity index (χ2n) is 29.6. The zero-order chi connectivity index (χ0) is 76.0. The highest BCUT2D eigenvalue weighted by molar-refractivity contribution is 7.47. The molecule has 25 heteroatoms. The molecular formula is C79H145O24P. The average Bonchev–Trinajstić information content (AvgIpc) is 0.761. The van der Waals surface area contributed by atoms with E-state index in [0.29, 0.717) is 12.8 Å². The number of phosphoric ester groups is 1. The fourth-order valence-corrected chi connectivity index (χ4v) is 14.6. The van der Waals surface area contributed by atoms with Crippen LogP contribution in [0.1, 0.15) is 329 Å². The monoisotopic (exact) mass is 1510 g/mol. The van der Waals surface area contributed by atoms with E-state index in [4.69, 9.17) is 42.2 Å². The van der Waals surface area contributed by atoms with E-state index in [2.05, 4.69) is 20.8 Å². The zero-order valence-electron chi connectivity index (χ0n) is 64.1. The van der Waals surface area contributed by atoms with Crippen molar-refractivity contribution in [3.63, 3.8) is 0 Å². The van der Waals surface area contributed by atoms with Crippen LogP contribution >= 0.6 is 7.82 Å². The fourth-order valence-electron chi connectivity index (χ4n) is 13.7. The minimum Gasteiger partial charge on any atom is -0.463 e. The van der Waals surface area contributed by atoms with Gasteiger partial charge in [-0.05, 0) is 25.7 Å². The largest absolute Gasteiger partial charge is 0.472 e. The molecule has 1 saturated carbocycles. The quantitative estimate of drug-likeness (QED) is 0.00673. The van der Waals surface area contributed by atoms with Gasteiger partial charge in [-0.15, -0.1) is 0 Å². The Morgan fingerprint density at radius 2 is 0.731 bits per heavy atom. The molecule has 2 saturated heterocycles. The number of unbranched alkanes of at least 4 members (excludes halogenated alkanes) is 43. The lowest BCUT2D eigenvalue weighted by Crippen LogP contribution is -2.69. The number of carbonyl (C=O) groups excluding carboxylic acids is 3. The van der Waals surface area contributed by atoms with Gasteiger partial charge in [-0.3, -0.25) is 18.6 Å². The number of hydrogen-bond donors (Lipinski definition) is 11. The summed E-state index contributed by atoms with van der Waals surface area (Å²) in [5.74, 6) is -2.23. The minimum absolute atomic E-state index is 0.0291. The third kappa shape index (κ3) is 42.0. The number of ether oxygens (including phenoxy) is 7. The van der Waals surface area contributed by atoms with Gasteiger partial charge in [-0.1, -0.05) is 309 Å². The van der Waals surface area contributed by atoms with Gasteiger partial charge in [0.1, 0.15) is 98.7 Å². The van der Waals surface area contributed by atoms with Crippen LogP contribution in [0.25, 0.3) is 0 Å². The number of esters is 3. The third-order valence-electron chi connectivity index (χ3n) is 20.3. The van der Waals surface area contributed by atoms with E-state index in [9.17, 15) is 74.9 Å². The topological polar surface area (TPSA) is 374 Å². The molecule has 0 aromatic rings. The van der Waals surface area contributed by atoms with E-state index < -0.39 is 156 Å². The standard InChI is InChI=1S/C79H145O24P/c1-4-7-10-13-16-19-22-25-28-30-33-35-38-41-44-47-50-53-63(81)95-57-60(98-65(83)55-52-49-46-43-40-37-32-27-24-21-18-15-12-9-6-3)58-97-104(93,94)103-77-75(101-78-73(91)68(86)66(84)61(56-80)99-78)71(89)70(88)72(90)76(77)102-79-74(92)69(87)67(85)62(100-79)59-96-64(82)54-51-48-45-42-39-36-34-31-29-26-23-20-17-14-11-8-5-2/h46,49,52,55,60-62,66-80,84-92H,4-45,47-48,50-51,53-54,56-59H2,1-3H3,(H,93,94)/b49-46+,55-52+. The van der Waals surface area contributed by atoms with Crippen LogP contribution in [0, 0.1) is 0 Å². The normalized spacial score (nSPS) is 26.8. The van der Waals surface area contributed by atoms with Gasteiger partial charge in [0.2, 0.25) is 0 Å². The molecule has 3 rings (SSSR count). The van der Waals surface area contributed by atoms with Gasteiger partial charge in [0.15, 0.2) is 18.7 Å². The summed E-state index contributed by atoms with van der Waals surface area (Å²) < 4.78 is 65.0. The van der Waals surface area contributed by atoms with E-state index in [1.807, 2.05) is 6.08 Å². The Bertz CT molecular complexity index is 2230. The molecule has 0 spiro atoms. The van der Waals surface area contributed by atoms with Gasteiger partial charge in [0.05, 0.1) is 13.2 Å². The molecule has 11 N–H and O–H groups in total. The van der Waals surface area contributed by atoms with Gasteiger partial charge >= 0.3 is 25.7 Å². The smallest absolute Gasteiger partial charge is 0.463 e. The van der Waals surface area contributed by atoms with E-state index in [0.717, 1.165) is 96.0 Å². The molecule has 18 unspecified atom stereocenters. The Kier molecular flexibility index (Phi) is 55.4. The van der Waals surface area contributed by atoms with Crippen LogP contribution < -0.4 is 0 Å². The van der Waals surface area contributed by atoms with Gasteiger partial charge in [-0.25, -0.2) is 9.36 Å². The number of phosphoric acid groups is 1. The van der Waals surface area contributed by atoms with Crippen molar-refractivity contribution in [3.8, 4) is 0 Å². The van der Waals surface area contributed by atoms with Crippen molar-refractivity contribution in [2.24, 2.45) is 0 Å².